The lowest BCUT2D eigenvalue weighted by Crippen LogP contribution is -2.27. The number of benzene rings is 1. The Labute approximate surface area is 120 Å². The topological polar surface area (TPSA) is 117 Å². The number of para-hydroxylation sites is 1. The fourth-order valence-corrected chi connectivity index (χ4v) is 1.94. The second-order valence-corrected chi connectivity index (χ2v) is 4.30. The number of amides is 1. The molecule has 0 aliphatic carbocycles. The SMILES string of the molecule is CNc1c(C(=O)N(C)Cc2ncn[nH]2)cccc1[N+](=O)[O-]. The van der Waals surface area contributed by atoms with Gasteiger partial charge in [0.25, 0.3) is 11.6 Å². The molecule has 0 saturated heterocycles. The highest BCUT2D eigenvalue weighted by Crippen LogP contribution is 2.28. The number of nitro benzene ring substituents is 1. The Morgan fingerprint density at radius 1 is 1.52 bits per heavy atom. The van der Waals surface area contributed by atoms with Crippen LogP contribution in [0.15, 0.2) is 24.5 Å². The molecule has 1 amide bonds. The van der Waals surface area contributed by atoms with E-state index < -0.39 is 4.92 Å². The summed E-state index contributed by atoms with van der Waals surface area (Å²) in [4.78, 5) is 28.2. The summed E-state index contributed by atoms with van der Waals surface area (Å²) < 4.78 is 0. The number of nitrogens with zero attached hydrogens (tertiary/aromatic N) is 4. The van der Waals surface area contributed by atoms with E-state index in [2.05, 4.69) is 20.5 Å². The fourth-order valence-electron chi connectivity index (χ4n) is 1.94. The van der Waals surface area contributed by atoms with Crippen LogP contribution in [0.5, 0.6) is 0 Å². The number of anilines is 1. The summed E-state index contributed by atoms with van der Waals surface area (Å²) in [6.45, 7) is 0.227. The summed E-state index contributed by atoms with van der Waals surface area (Å²) in [7, 11) is 3.12. The van der Waals surface area contributed by atoms with E-state index in [1.165, 1.54) is 36.5 Å². The molecule has 1 heterocycles. The number of aromatic amines is 1. The van der Waals surface area contributed by atoms with E-state index >= 15 is 0 Å². The highest BCUT2D eigenvalue weighted by atomic mass is 16.6. The van der Waals surface area contributed by atoms with Crippen LogP contribution < -0.4 is 5.32 Å². The van der Waals surface area contributed by atoms with Crippen LogP contribution in [0.3, 0.4) is 0 Å². The van der Waals surface area contributed by atoms with E-state index in [0.29, 0.717) is 5.82 Å². The van der Waals surface area contributed by atoms with Crippen LogP contribution in [0.1, 0.15) is 16.2 Å². The van der Waals surface area contributed by atoms with Crippen molar-refractivity contribution in [1.82, 2.24) is 20.1 Å². The maximum Gasteiger partial charge on any atom is 0.293 e. The van der Waals surface area contributed by atoms with Gasteiger partial charge >= 0.3 is 0 Å². The van der Waals surface area contributed by atoms with Gasteiger partial charge in [-0.05, 0) is 6.07 Å². The van der Waals surface area contributed by atoms with Gasteiger partial charge in [-0.15, -0.1) is 0 Å². The maximum absolute atomic E-state index is 12.4. The number of hydrogen-bond donors (Lipinski definition) is 2. The van der Waals surface area contributed by atoms with Gasteiger partial charge in [0, 0.05) is 20.2 Å². The molecule has 1 aromatic carbocycles. The lowest BCUT2D eigenvalue weighted by molar-refractivity contribution is -0.384. The standard InChI is InChI=1S/C12H14N6O3/c1-13-11-8(4-3-5-9(11)18(20)21)12(19)17(2)6-10-14-7-15-16-10/h3-5,7,13H,6H2,1-2H3,(H,14,15,16). The molecule has 2 rings (SSSR count). The Morgan fingerprint density at radius 2 is 2.29 bits per heavy atom. The second-order valence-electron chi connectivity index (χ2n) is 4.30. The third-order valence-electron chi connectivity index (χ3n) is 2.92. The molecule has 0 atom stereocenters. The average Bonchev–Trinajstić information content (AvgIpc) is 2.98. The molecule has 0 bridgehead atoms. The van der Waals surface area contributed by atoms with Gasteiger partial charge in [0.05, 0.1) is 17.0 Å². The number of hydrogen-bond acceptors (Lipinski definition) is 6. The van der Waals surface area contributed by atoms with Gasteiger partial charge in [0.15, 0.2) is 0 Å². The summed E-state index contributed by atoms with van der Waals surface area (Å²) in [6, 6.07) is 4.37. The Kier molecular flexibility index (Phi) is 4.12. The number of rotatable bonds is 5. The van der Waals surface area contributed by atoms with E-state index in [1.807, 2.05) is 0 Å². The number of H-pyrrole nitrogens is 1. The minimum atomic E-state index is -0.529. The van der Waals surface area contributed by atoms with Crippen LogP contribution in [-0.4, -0.2) is 45.0 Å². The highest BCUT2D eigenvalue weighted by Gasteiger charge is 2.23. The Bertz CT molecular complexity index is 655. The van der Waals surface area contributed by atoms with E-state index in [4.69, 9.17) is 0 Å². The smallest absolute Gasteiger partial charge is 0.293 e. The van der Waals surface area contributed by atoms with Crippen LogP contribution in [0, 0.1) is 10.1 Å². The largest absolute Gasteiger partial charge is 0.382 e. The first-order valence-corrected chi connectivity index (χ1v) is 6.09. The molecular weight excluding hydrogens is 276 g/mol. The predicted molar refractivity (Wildman–Crippen MR) is 74.8 cm³/mol. The zero-order valence-electron chi connectivity index (χ0n) is 11.5. The second kappa shape index (κ2) is 5.99. The molecule has 110 valence electrons. The molecule has 9 nitrogen and oxygen atoms in total. The van der Waals surface area contributed by atoms with Crippen LogP contribution in [-0.2, 0) is 6.54 Å². The summed E-state index contributed by atoms with van der Waals surface area (Å²) in [5.41, 5.74) is 0.280. The molecule has 2 aromatic rings. The van der Waals surface area contributed by atoms with Crippen molar-refractivity contribution in [2.24, 2.45) is 0 Å². The first kappa shape index (κ1) is 14.4. The number of nitrogens with one attached hydrogen (secondary N) is 2. The molecule has 0 aliphatic rings. The summed E-state index contributed by atoms with van der Waals surface area (Å²) in [6.07, 6.45) is 1.35. The van der Waals surface area contributed by atoms with Gasteiger partial charge in [-0.2, -0.15) is 5.10 Å². The van der Waals surface area contributed by atoms with E-state index in [0.717, 1.165) is 0 Å². The molecule has 2 N–H and O–H groups in total. The van der Waals surface area contributed by atoms with Crippen molar-refractivity contribution in [1.29, 1.82) is 0 Å². The van der Waals surface area contributed by atoms with Crippen molar-refractivity contribution in [3.8, 4) is 0 Å². The van der Waals surface area contributed by atoms with Crippen LogP contribution in [0.2, 0.25) is 0 Å². The zero-order valence-corrected chi connectivity index (χ0v) is 11.5. The molecule has 0 spiro atoms. The minimum Gasteiger partial charge on any atom is -0.382 e. The number of nitro groups is 1. The first-order valence-electron chi connectivity index (χ1n) is 6.09. The van der Waals surface area contributed by atoms with E-state index in [-0.39, 0.29) is 29.4 Å². The molecule has 0 fully saturated rings. The monoisotopic (exact) mass is 290 g/mol. The Balaban J connectivity index is 2.30. The van der Waals surface area contributed by atoms with Crippen molar-refractivity contribution in [2.45, 2.75) is 6.54 Å². The zero-order chi connectivity index (χ0) is 15.4. The molecule has 21 heavy (non-hydrogen) atoms. The third-order valence-corrected chi connectivity index (χ3v) is 2.92. The van der Waals surface area contributed by atoms with Gasteiger partial charge in [-0.25, -0.2) is 4.98 Å². The summed E-state index contributed by atoms with van der Waals surface area (Å²) >= 11 is 0. The summed E-state index contributed by atoms with van der Waals surface area (Å²) in [5, 5.41) is 20.1. The molecule has 0 aliphatic heterocycles. The van der Waals surface area contributed by atoms with Crippen molar-refractivity contribution in [3.05, 3.63) is 46.0 Å². The molecular formula is C12H14N6O3. The van der Waals surface area contributed by atoms with E-state index in [1.54, 1.807) is 7.05 Å². The lowest BCUT2D eigenvalue weighted by atomic mass is 10.1. The molecule has 0 saturated carbocycles. The van der Waals surface area contributed by atoms with Crippen molar-refractivity contribution in [3.63, 3.8) is 0 Å². The molecule has 1 aromatic heterocycles. The summed E-state index contributed by atoms with van der Waals surface area (Å²) in [5.74, 6) is 0.182. The van der Waals surface area contributed by atoms with Gasteiger partial charge in [-0.1, -0.05) is 6.07 Å². The van der Waals surface area contributed by atoms with Gasteiger partial charge < -0.3 is 10.2 Å². The van der Waals surface area contributed by atoms with E-state index in [9.17, 15) is 14.9 Å². The van der Waals surface area contributed by atoms with Crippen molar-refractivity contribution >= 4 is 17.3 Å². The Hall–Kier alpha value is -2.97. The molecule has 0 radical (unpaired) electrons. The first-order chi connectivity index (χ1) is 10.0. The maximum atomic E-state index is 12.4. The fraction of sp³-hybridized carbons (Fsp3) is 0.250. The lowest BCUT2D eigenvalue weighted by Gasteiger charge is -2.17. The number of aromatic nitrogens is 3. The predicted octanol–water partition coefficient (Wildman–Crippen LogP) is 1.03. The minimum absolute atomic E-state index is 0.142. The number of carbonyl (C=O) groups excluding carboxylic acids is 1. The van der Waals surface area contributed by atoms with Crippen molar-refractivity contribution in [2.75, 3.05) is 19.4 Å². The van der Waals surface area contributed by atoms with Gasteiger partial charge in [0.1, 0.15) is 17.8 Å². The van der Waals surface area contributed by atoms with Crippen LogP contribution >= 0.6 is 0 Å². The normalized spacial score (nSPS) is 10.2. The molecule has 0 unspecified atom stereocenters. The number of carbonyl (C=O) groups is 1. The van der Waals surface area contributed by atoms with Crippen LogP contribution in [0.4, 0.5) is 11.4 Å². The average molecular weight is 290 g/mol. The van der Waals surface area contributed by atoms with Gasteiger partial charge in [-0.3, -0.25) is 20.0 Å². The Morgan fingerprint density at radius 3 is 2.86 bits per heavy atom. The molecule has 9 heteroatoms. The van der Waals surface area contributed by atoms with Gasteiger partial charge in [0.2, 0.25) is 0 Å². The third kappa shape index (κ3) is 2.96. The highest BCUT2D eigenvalue weighted by molar-refractivity contribution is 6.01. The quantitative estimate of drug-likeness (QED) is 0.627. The van der Waals surface area contributed by atoms with Crippen LogP contribution in [0.25, 0.3) is 0 Å². The van der Waals surface area contributed by atoms with Crippen molar-refractivity contribution < 1.29 is 9.72 Å².